The molecule has 9 heteroatoms. The zero-order chi connectivity index (χ0) is 19.2. The lowest BCUT2D eigenvalue weighted by Crippen LogP contribution is -2.27. The normalized spacial score (nSPS) is 10.0. The summed E-state index contributed by atoms with van der Waals surface area (Å²) in [5.74, 6) is 0.175. The van der Waals surface area contributed by atoms with Gasteiger partial charge in [0.05, 0.1) is 21.4 Å². The molecule has 0 bridgehead atoms. The van der Waals surface area contributed by atoms with E-state index in [4.69, 9.17) is 43.9 Å². The number of amides is 1. The lowest BCUT2D eigenvalue weighted by atomic mass is 10.2. The molecule has 144 valence electrons. The van der Waals surface area contributed by atoms with Gasteiger partial charge in [0.2, 0.25) is 0 Å². The van der Waals surface area contributed by atoms with Crippen molar-refractivity contribution in [2.24, 2.45) is 0 Å². The molecule has 2 aromatic rings. The molecule has 0 atom stereocenters. The van der Waals surface area contributed by atoms with Gasteiger partial charge < -0.3 is 20.7 Å². The van der Waals surface area contributed by atoms with Crippen LogP contribution < -0.4 is 11.1 Å². The Labute approximate surface area is 168 Å². The first kappa shape index (κ1) is 24.0. The third kappa shape index (κ3) is 8.89. The van der Waals surface area contributed by atoms with Gasteiger partial charge in [-0.2, -0.15) is 0 Å². The number of ether oxygens (including phenoxy) is 1. The summed E-state index contributed by atoms with van der Waals surface area (Å²) in [5.41, 5.74) is 5.66. The van der Waals surface area contributed by atoms with Crippen LogP contribution in [-0.2, 0) is 4.74 Å². The number of benzene rings is 2. The number of halogens is 3. The number of aromatic hydroxyl groups is 2. The summed E-state index contributed by atoms with van der Waals surface area (Å²) in [6.45, 7) is 5.31. The van der Waals surface area contributed by atoms with E-state index >= 15 is 0 Å². The highest BCUT2D eigenvalue weighted by Gasteiger charge is 2.16. The zero-order valence-electron chi connectivity index (χ0n) is 14.4. The summed E-state index contributed by atoms with van der Waals surface area (Å²) in [6.07, 6.45) is -0.583. The van der Waals surface area contributed by atoms with E-state index in [1.807, 2.05) is 0 Å². The summed E-state index contributed by atoms with van der Waals surface area (Å²) in [6, 6.07) is 8.71. The summed E-state index contributed by atoms with van der Waals surface area (Å²) >= 11 is 11.3. The Morgan fingerprint density at radius 1 is 1.04 bits per heavy atom. The zero-order valence-corrected chi connectivity index (χ0v) is 16.7. The fourth-order valence-corrected chi connectivity index (χ4v) is 1.93. The van der Waals surface area contributed by atoms with Crippen molar-refractivity contribution in [1.82, 2.24) is 0 Å². The number of nitrogen functional groups attached to an aromatic ring is 1. The van der Waals surface area contributed by atoms with E-state index in [-0.39, 0.29) is 28.9 Å². The highest BCUT2D eigenvalue weighted by Crippen LogP contribution is 2.26. The largest absolute Gasteiger partial charge is 0.508 e. The Bertz CT molecular complexity index is 749. The first-order chi connectivity index (χ1) is 11.5. The molecule has 0 spiro atoms. The number of nitrogens with one attached hydrogen (secondary N) is 1. The van der Waals surface area contributed by atoms with E-state index in [1.165, 1.54) is 30.3 Å². The van der Waals surface area contributed by atoms with Crippen LogP contribution in [0.4, 0.5) is 16.2 Å². The molecular formula is C17H21Cl3N2O4. The van der Waals surface area contributed by atoms with Gasteiger partial charge in [-0.25, -0.2) is 4.79 Å². The van der Waals surface area contributed by atoms with Crippen molar-refractivity contribution >= 4 is 53.1 Å². The van der Waals surface area contributed by atoms with E-state index in [2.05, 4.69) is 5.32 Å². The fourth-order valence-electron chi connectivity index (χ4n) is 1.54. The molecule has 0 radical (unpaired) electrons. The van der Waals surface area contributed by atoms with Crippen LogP contribution in [0.15, 0.2) is 36.4 Å². The summed E-state index contributed by atoms with van der Waals surface area (Å²) in [7, 11) is 0. The van der Waals surface area contributed by atoms with Gasteiger partial charge in [0.15, 0.2) is 0 Å². The standard InChI is InChI=1S/C11H14ClNO3.C6H6ClNO.ClH/c1-11(2,3)16-10(15)13-9-5-4-7(14)6-8(9)12;7-5-3-4(9)1-2-6(5)8;/h4-6,14H,1-3H3,(H,13,15);1-3,9H,8H2;1H. The van der Waals surface area contributed by atoms with Gasteiger partial charge in [-0.05, 0) is 45.0 Å². The number of carbonyl (C=O) groups excluding carboxylic acids is 1. The second-order valence-electron chi connectivity index (χ2n) is 6.00. The van der Waals surface area contributed by atoms with Crippen LogP contribution in [0.5, 0.6) is 11.5 Å². The third-order valence-electron chi connectivity index (χ3n) is 2.57. The minimum atomic E-state index is -0.583. The topological polar surface area (TPSA) is 105 Å². The van der Waals surface area contributed by atoms with E-state index in [9.17, 15) is 4.79 Å². The number of anilines is 2. The Hall–Kier alpha value is -2.02. The van der Waals surface area contributed by atoms with Gasteiger partial charge >= 0.3 is 6.09 Å². The van der Waals surface area contributed by atoms with Crippen LogP contribution in [-0.4, -0.2) is 21.9 Å². The second kappa shape index (κ2) is 10.2. The molecule has 2 rings (SSSR count). The highest BCUT2D eigenvalue weighted by molar-refractivity contribution is 6.33. The highest BCUT2D eigenvalue weighted by atomic mass is 35.5. The molecule has 0 heterocycles. The minimum Gasteiger partial charge on any atom is -0.508 e. The molecule has 2 aromatic carbocycles. The summed E-state index contributed by atoms with van der Waals surface area (Å²) < 4.78 is 5.06. The quantitative estimate of drug-likeness (QED) is 0.361. The summed E-state index contributed by atoms with van der Waals surface area (Å²) in [4.78, 5) is 11.4. The van der Waals surface area contributed by atoms with Gasteiger partial charge in [-0.15, -0.1) is 12.4 Å². The van der Waals surface area contributed by atoms with Crippen molar-refractivity contribution in [2.45, 2.75) is 26.4 Å². The van der Waals surface area contributed by atoms with E-state index in [1.54, 1.807) is 26.8 Å². The van der Waals surface area contributed by atoms with Gasteiger partial charge in [0.25, 0.3) is 0 Å². The maximum absolute atomic E-state index is 11.4. The van der Waals surface area contributed by atoms with E-state index < -0.39 is 11.7 Å². The van der Waals surface area contributed by atoms with Crippen LogP contribution in [0.2, 0.25) is 10.0 Å². The summed E-state index contributed by atoms with van der Waals surface area (Å²) in [5, 5.41) is 21.1. The van der Waals surface area contributed by atoms with Gasteiger partial charge in [-0.3, -0.25) is 5.32 Å². The van der Waals surface area contributed by atoms with Crippen molar-refractivity contribution in [2.75, 3.05) is 11.1 Å². The Kier molecular flexibility index (Phi) is 9.41. The van der Waals surface area contributed by atoms with Crippen LogP contribution in [0.1, 0.15) is 20.8 Å². The monoisotopic (exact) mass is 422 g/mol. The first-order valence-corrected chi connectivity index (χ1v) is 7.96. The average Bonchev–Trinajstić information content (AvgIpc) is 2.45. The fraction of sp³-hybridized carbons (Fsp3) is 0.235. The van der Waals surface area contributed by atoms with Crippen molar-refractivity contribution in [3.63, 3.8) is 0 Å². The predicted molar refractivity (Wildman–Crippen MR) is 108 cm³/mol. The molecule has 0 aliphatic carbocycles. The molecular weight excluding hydrogens is 403 g/mol. The molecule has 1 amide bonds. The lowest BCUT2D eigenvalue weighted by Gasteiger charge is -2.19. The number of hydrogen-bond acceptors (Lipinski definition) is 5. The maximum Gasteiger partial charge on any atom is 0.412 e. The Morgan fingerprint density at radius 3 is 1.96 bits per heavy atom. The molecule has 0 saturated heterocycles. The Balaban J connectivity index is 0.000000532. The third-order valence-corrected chi connectivity index (χ3v) is 3.21. The molecule has 0 unspecified atom stereocenters. The van der Waals surface area contributed by atoms with Crippen molar-refractivity contribution < 1.29 is 19.7 Å². The predicted octanol–water partition coefficient (Wildman–Crippen LogP) is 5.44. The number of phenols is 2. The molecule has 0 aromatic heterocycles. The van der Waals surface area contributed by atoms with Crippen molar-refractivity contribution in [1.29, 1.82) is 0 Å². The first-order valence-electron chi connectivity index (χ1n) is 7.20. The van der Waals surface area contributed by atoms with Gasteiger partial charge in [0.1, 0.15) is 17.1 Å². The Morgan fingerprint density at radius 2 is 1.54 bits per heavy atom. The smallest absolute Gasteiger partial charge is 0.412 e. The molecule has 0 fully saturated rings. The maximum atomic E-state index is 11.4. The molecule has 0 aliphatic rings. The lowest BCUT2D eigenvalue weighted by molar-refractivity contribution is 0.0636. The molecule has 5 N–H and O–H groups in total. The second-order valence-corrected chi connectivity index (χ2v) is 6.81. The molecule has 0 aliphatic heterocycles. The number of hydrogen-bond donors (Lipinski definition) is 4. The number of rotatable bonds is 1. The number of phenolic OH excluding ortho intramolecular Hbond substituents is 2. The van der Waals surface area contributed by atoms with Crippen LogP contribution in [0.3, 0.4) is 0 Å². The van der Waals surface area contributed by atoms with Gasteiger partial charge in [0, 0.05) is 12.1 Å². The number of carbonyl (C=O) groups is 1. The van der Waals surface area contributed by atoms with Crippen LogP contribution in [0.25, 0.3) is 0 Å². The van der Waals surface area contributed by atoms with Crippen molar-refractivity contribution in [3.8, 4) is 11.5 Å². The van der Waals surface area contributed by atoms with E-state index in [0.717, 1.165) is 0 Å². The SMILES string of the molecule is CC(C)(C)OC(=O)Nc1ccc(O)cc1Cl.Cl.Nc1ccc(O)cc1Cl. The minimum absolute atomic E-state index is 0. The molecule has 6 nitrogen and oxygen atoms in total. The van der Waals surface area contributed by atoms with Crippen LogP contribution in [0, 0.1) is 0 Å². The van der Waals surface area contributed by atoms with Gasteiger partial charge in [-0.1, -0.05) is 23.2 Å². The number of nitrogens with two attached hydrogens (primary N) is 1. The van der Waals surface area contributed by atoms with Crippen LogP contribution >= 0.6 is 35.6 Å². The van der Waals surface area contributed by atoms with Crippen molar-refractivity contribution in [3.05, 3.63) is 46.4 Å². The molecule has 26 heavy (non-hydrogen) atoms. The van der Waals surface area contributed by atoms with E-state index in [0.29, 0.717) is 16.4 Å². The average molecular weight is 424 g/mol. The molecule has 0 saturated carbocycles.